The maximum atomic E-state index is 4.25. The summed E-state index contributed by atoms with van der Waals surface area (Å²) in [6, 6.07) is 19.5. The van der Waals surface area contributed by atoms with Crippen LogP contribution in [0.3, 0.4) is 0 Å². The van der Waals surface area contributed by atoms with E-state index in [1.54, 1.807) is 0 Å². The Morgan fingerprint density at radius 2 is 1.81 bits per heavy atom. The predicted molar refractivity (Wildman–Crippen MR) is 113 cm³/mol. The van der Waals surface area contributed by atoms with Gasteiger partial charge in [-0.1, -0.05) is 48.5 Å². The van der Waals surface area contributed by atoms with Crippen molar-refractivity contribution in [1.82, 2.24) is 14.8 Å². The summed E-state index contributed by atoms with van der Waals surface area (Å²) in [5.74, 6) is 0.812. The fourth-order valence-electron chi connectivity index (χ4n) is 4.30. The van der Waals surface area contributed by atoms with E-state index in [-0.39, 0.29) is 0 Å². The maximum Gasteiger partial charge on any atom is 0.0346 e. The van der Waals surface area contributed by atoms with Crippen LogP contribution in [0.2, 0.25) is 0 Å². The van der Waals surface area contributed by atoms with Crippen LogP contribution in [0.4, 0.5) is 0 Å². The molecule has 3 nitrogen and oxygen atoms in total. The monoisotopic (exact) mass is 359 g/mol. The fraction of sp³-hybridized carbons (Fsp3) is 0.375. The molecule has 0 saturated carbocycles. The molecule has 0 bridgehead atoms. The summed E-state index contributed by atoms with van der Waals surface area (Å²) < 4.78 is 0. The lowest BCUT2D eigenvalue weighted by molar-refractivity contribution is 0.147. The van der Waals surface area contributed by atoms with Gasteiger partial charge in [-0.25, -0.2) is 0 Å². The van der Waals surface area contributed by atoms with Crippen LogP contribution in [0, 0.1) is 5.92 Å². The van der Waals surface area contributed by atoms with E-state index in [9.17, 15) is 0 Å². The Hall–Kier alpha value is -2.23. The maximum absolute atomic E-state index is 4.25. The zero-order valence-electron chi connectivity index (χ0n) is 16.2. The minimum Gasteiger partial charge on any atom is -0.302 e. The minimum absolute atomic E-state index is 0.812. The van der Waals surface area contributed by atoms with Gasteiger partial charge in [0.1, 0.15) is 0 Å². The predicted octanol–water partition coefficient (Wildman–Crippen LogP) is 4.58. The van der Waals surface area contributed by atoms with Crippen LogP contribution in [-0.2, 0) is 13.1 Å². The Morgan fingerprint density at radius 1 is 1.00 bits per heavy atom. The standard InChI is InChI=1S/C24H29N3/c1-26(17-20-6-3-2-4-7-20)18-21-11-14-27(15-12-21)19-23-9-5-8-22-16-25-13-10-24(22)23/h2-10,13,16,21H,11-12,14-15,17-19H2,1H3. The van der Waals surface area contributed by atoms with Gasteiger partial charge in [0.05, 0.1) is 0 Å². The second-order valence-electron chi connectivity index (χ2n) is 7.92. The Bertz CT molecular complexity index is 848. The summed E-state index contributed by atoms with van der Waals surface area (Å²) in [4.78, 5) is 9.34. The Labute approximate surface area is 162 Å². The molecule has 1 aromatic heterocycles. The first-order valence-electron chi connectivity index (χ1n) is 10.0. The zero-order valence-corrected chi connectivity index (χ0v) is 16.2. The van der Waals surface area contributed by atoms with Crippen LogP contribution in [0.25, 0.3) is 10.8 Å². The van der Waals surface area contributed by atoms with Gasteiger partial charge in [0.2, 0.25) is 0 Å². The van der Waals surface area contributed by atoms with Crippen LogP contribution >= 0.6 is 0 Å². The van der Waals surface area contributed by atoms with Crippen molar-refractivity contribution >= 4 is 10.8 Å². The molecular weight excluding hydrogens is 330 g/mol. The number of aromatic nitrogens is 1. The molecule has 1 aliphatic rings. The molecule has 0 spiro atoms. The van der Waals surface area contributed by atoms with Gasteiger partial charge in [-0.2, -0.15) is 0 Å². The first kappa shape index (κ1) is 18.1. The number of pyridine rings is 1. The molecule has 1 aliphatic heterocycles. The van der Waals surface area contributed by atoms with E-state index in [0.29, 0.717) is 0 Å². The van der Waals surface area contributed by atoms with Crippen LogP contribution in [-0.4, -0.2) is 41.5 Å². The summed E-state index contributed by atoms with van der Waals surface area (Å²) >= 11 is 0. The Kier molecular flexibility index (Phi) is 5.81. The van der Waals surface area contributed by atoms with Crippen molar-refractivity contribution in [2.75, 3.05) is 26.7 Å². The van der Waals surface area contributed by atoms with Crippen molar-refractivity contribution < 1.29 is 0 Å². The molecule has 3 heteroatoms. The van der Waals surface area contributed by atoms with Gasteiger partial charge in [-0.3, -0.25) is 9.88 Å². The molecule has 0 N–H and O–H groups in total. The second-order valence-corrected chi connectivity index (χ2v) is 7.92. The van der Waals surface area contributed by atoms with Crippen molar-refractivity contribution in [3.05, 3.63) is 78.1 Å². The molecule has 2 heterocycles. The number of rotatable bonds is 6. The van der Waals surface area contributed by atoms with Gasteiger partial charge in [0.25, 0.3) is 0 Å². The van der Waals surface area contributed by atoms with E-state index < -0.39 is 0 Å². The zero-order chi connectivity index (χ0) is 18.5. The fourth-order valence-corrected chi connectivity index (χ4v) is 4.30. The molecule has 1 saturated heterocycles. The molecule has 0 amide bonds. The van der Waals surface area contributed by atoms with Crippen LogP contribution in [0.5, 0.6) is 0 Å². The van der Waals surface area contributed by atoms with Gasteiger partial charge in [0.15, 0.2) is 0 Å². The van der Waals surface area contributed by atoms with Gasteiger partial charge in [0, 0.05) is 37.4 Å². The van der Waals surface area contributed by atoms with E-state index in [1.165, 1.54) is 54.4 Å². The molecule has 4 rings (SSSR count). The second kappa shape index (κ2) is 8.64. The molecule has 0 unspecified atom stereocenters. The van der Waals surface area contributed by atoms with E-state index in [4.69, 9.17) is 0 Å². The summed E-state index contributed by atoms with van der Waals surface area (Å²) in [6.45, 7) is 5.69. The number of likely N-dealkylation sites (tertiary alicyclic amines) is 1. The van der Waals surface area contributed by atoms with E-state index in [2.05, 4.69) is 76.4 Å². The van der Waals surface area contributed by atoms with E-state index in [1.807, 2.05) is 12.4 Å². The van der Waals surface area contributed by atoms with Crippen molar-refractivity contribution in [1.29, 1.82) is 0 Å². The lowest BCUT2D eigenvalue weighted by Gasteiger charge is -2.34. The first-order chi connectivity index (χ1) is 13.3. The summed E-state index contributed by atoms with van der Waals surface area (Å²) in [6.07, 6.45) is 6.46. The highest BCUT2D eigenvalue weighted by Gasteiger charge is 2.21. The van der Waals surface area contributed by atoms with E-state index >= 15 is 0 Å². The molecule has 2 aromatic carbocycles. The van der Waals surface area contributed by atoms with Gasteiger partial charge in [-0.15, -0.1) is 0 Å². The average molecular weight is 360 g/mol. The normalized spacial score (nSPS) is 16.2. The highest BCUT2D eigenvalue weighted by Crippen LogP contribution is 2.23. The highest BCUT2D eigenvalue weighted by molar-refractivity contribution is 5.84. The number of piperidine rings is 1. The molecule has 27 heavy (non-hydrogen) atoms. The van der Waals surface area contributed by atoms with Crippen molar-refractivity contribution in [3.63, 3.8) is 0 Å². The number of hydrogen-bond acceptors (Lipinski definition) is 3. The molecule has 0 atom stereocenters. The average Bonchev–Trinajstić information content (AvgIpc) is 2.70. The summed E-state index contributed by atoms with van der Waals surface area (Å²) in [7, 11) is 2.25. The molecule has 0 aliphatic carbocycles. The lowest BCUT2D eigenvalue weighted by atomic mass is 9.95. The first-order valence-corrected chi connectivity index (χ1v) is 10.0. The molecule has 0 radical (unpaired) electrons. The molecular formula is C24H29N3. The topological polar surface area (TPSA) is 19.4 Å². The highest BCUT2D eigenvalue weighted by atomic mass is 15.1. The summed E-state index contributed by atoms with van der Waals surface area (Å²) in [5, 5.41) is 2.59. The quantitative estimate of drug-likeness (QED) is 0.642. The van der Waals surface area contributed by atoms with Crippen molar-refractivity contribution in [3.8, 4) is 0 Å². The van der Waals surface area contributed by atoms with E-state index in [0.717, 1.165) is 19.0 Å². The summed E-state index contributed by atoms with van der Waals surface area (Å²) in [5.41, 5.74) is 2.83. The number of hydrogen-bond donors (Lipinski definition) is 0. The SMILES string of the molecule is CN(Cc1ccccc1)CC1CCN(Cc2cccc3cnccc23)CC1. The van der Waals surface area contributed by atoms with Gasteiger partial charge < -0.3 is 4.90 Å². The molecule has 1 fully saturated rings. The largest absolute Gasteiger partial charge is 0.302 e. The minimum atomic E-state index is 0.812. The third-order valence-electron chi connectivity index (χ3n) is 5.74. The third kappa shape index (κ3) is 4.74. The lowest BCUT2D eigenvalue weighted by Crippen LogP contribution is -2.37. The van der Waals surface area contributed by atoms with Crippen molar-refractivity contribution in [2.24, 2.45) is 5.92 Å². The van der Waals surface area contributed by atoms with Crippen LogP contribution < -0.4 is 0 Å². The number of benzene rings is 2. The van der Waals surface area contributed by atoms with Crippen LogP contribution in [0.15, 0.2) is 67.0 Å². The van der Waals surface area contributed by atoms with Gasteiger partial charge in [-0.05, 0) is 61.5 Å². The van der Waals surface area contributed by atoms with Crippen LogP contribution in [0.1, 0.15) is 24.0 Å². The Morgan fingerprint density at radius 3 is 2.63 bits per heavy atom. The van der Waals surface area contributed by atoms with Crippen molar-refractivity contribution in [2.45, 2.75) is 25.9 Å². The number of nitrogens with zero attached hydrogens (tertiary/aromatic N) is 3. The number of fused-ring (bicyclic) bond motifs is 1. The molecule has 140 valence electrons. The smallest absolute Gasteiger partial charge is 0.0346 e. The Balaban J connectivity index is 1.29. The van der Waals surface area contributed by atoms with Gasteiger partial charge >= 0.3 is 0 Å². The molecule has 3 aromatic rings. The third-order valence-corrected chi connectivity index (χ3v) is 5.74.